The molecule has 3 heteroatoms. The summed E-state index contributed by atoms with van der Waals surface area (Å²) in [5.41, 5.74) is 0.260. The number of carboxylic acids is 1. The topological polar surface area (TPSA) is 46.5 Å². The minimum absolute atomic E-state index is 0.260. The molecule has 1 rings (SSSR count). The highest BCUT2D eigenvalue weighted by atomic mass is 16.5. The van der Waals surface area contributed by atoms with Gasteiger partial charge >= 0.3 is 5.97 Å². The molecule has 0 atom stereocenters. The largest absolute Gasteiger partial charge is 0.493 e. The Hall–Kier alpha value is -1.95. The van der Waals surface area contributed by atoms with Crippen LogP contribution in [0.15, 0.2) is 24.3 Å². The number of hydrogen-bond acceptors (Lipinski definition) is 2. The first-order valence-electron chi connectivity index (χ1n) is 4.60. The van der Waals surface area contributed by atoms with Gasteiger partial charge in [0.1, 0.15) is 5.75 Å². The van der Waals surface area contributed by atoms with Crippen molar-refractivity contribution in [3.05, 3.63) is 29.8 Å². The van der Waals surface area contributed by atoms with E-state index in [9.17, 15) is 4.79 Å². The quantitative estimate of drug-likeness (QED) is 0.604. The lowest BCUT2D eigenvalue weighted by Gasteiger charge is -2.03. The van der Waals surface area contributed by atoms with E-state index in [4.69, 9.17) is 9.84 Å². The van der Waals surface area contributed by atoms with E-state index in [-0.39, 0.29) is 5.56 Å². The van der Waals surface area contributed by atoms with Crippen molar-refractivity contribution in [1.82, 2.24) is 0 Å². The minimum Gasteiger partial charge on any atom is -0.493 e. The van der Waals surface area contributed by atoms with Crippen LogP contribution in [0.25, 0.3) is 0 Å². The average Bonchev–Trinajstić information content (AvgIpc) is 2.25. The second-order valence-electron chi connectivity index (χ2n) is 2.85. The molecule has 0 aliphatic carbocycles. The highest BCUT2D eigenvalue weighted by Gasteiger charge is 2.01. The summed E-state index contributed by atoms with van der Waals surface area (Å²) in [6, 6.07) is 6.32. The maximum Gasteiger partial charge on any atom is 0.335 e. The van der Waals surface area contributed by atoms with Crippen LogP contribution in [-0.2, 0) is 0 Å². The summed E-state index contributed by atoms with van der Waals surface area (Å²) in [5, 5.41) is 8.66. The number of ether oxygens (including phenoxy) is 1. The normalized spacial score (nSPS) is 8.87. The molecule has 15 heavy (non-hydrogen) atoms. The fraction of sp³-hybridized carbons (Fsp3) is 0.250. The van der Waals surface area contributed by atoms with Crippen molar-refractivity contribution in [2.24, 2.45) is 0 Å². The smallest absolute Gasteiger partial charge is 0.335 e. The SMILES string of the molecule is CC#CCCOc1ccc(C(=O)O)cc1. The highest BCUT2D eigenvalue weighted by Crippen LogP contribution is 2.12. The third-order valence-corrected chi connectivity index (χ3v) is 1.77. The molecule has 0 aliphatic rings. The Bertz CT molecular complexity index is 382. The van der Waals surface area contributed by atoms with Gasteiger partial charge in [-0.25, -0.2) is 4.79 Å². The molecule has 0 bridgehead atoms. The lowest BCUT2D eigenvalue weighted by Crippen LogP contribution is -1.98. The van der Waals surface area contributed by atoms with Gasteiger partial charge in [-0.05, 0) is 31.2 Å². The number of carbonyl (C=O) groups is 1. The Balaban J connectivity index is 2.48. The number of carboxylic acid groups (broad SMARTS) is 1. The number of aromatic carboxylic acids is 1. The van der Waals surface area contributed by atoms with E-state index in [1.54, 1.807) is 19.1 Å². The van der Waals surface area contributed by atoms with Crippen LogP contribution in [-0.4, -0.2) is 17.7 Å². The van der Waals surface area contributed by atoms with Crippen LogP contribution in [0.3, 0.4) is 0 Å². The van der Waals surface area contributed by atoms with Crippen molar-refractivity contribution in [1.29, 1.82) is 0 Å². The molecule has 3 nitrogen and oxygen atoms in total. The fourth-order valence-corrected chi connectivity index (χ4v) is 1.04. The minimum atomic E-state index is -0.932. The first kappa shape index (κ1) is 11.1. The van der Waals surface area contributed by atoms with Crippen LogP contribution >= 0.6 is 0 Å². The van der Waals surface area contributed by atoms with E-state index in [0.29, 0.717) is 18.8 Å². The van der Waals surface area contributed by atoms with E-state index in [2.05, 4.69) is 11.8 Å². The molecule has 0 heterocycles. The zero-order valence-corrected chi connectivity index (χ0v) is 8.49. The van der Waals surface area contributed by atoms with E-state index >= 15 is 0 Å². The predicted molar refractivity (Wildman–Crippen MR) is 57.0 cm³/mol. The van der Waals surface area contributed by atoms with E-state index in [1.807, 2.05) is 0 Å². The van der Waals surface area contributed by atoms with Crippen LogP contribution < -0.4 is 4.74 Å². The van der Waals surface area contributed by atoms with Gasteiger partial charge in [-0.2, -0.15) is 0 Å². The van der Waals surface area contributed by atoms with Crippen LogP contribution in [0.1, 0.15) is 23.7 Å². The van der Waals surface area contributed by atoms with Crippen molar-refractivity contribution in [2.75, 3.05) is 6.61 Å². The Kier molecular flexibility index (Phi) is 4.24. The van der Waals surface area contributed by atoms with Crippen LogP contribution in [0.4, 0.5) is 0 Å². The van der Waals surface area contributed by atoms with E-state index < -0.39 is 5.97 Å². The Morgan fingerprint density at radius 1 is 1.40 bits per heavy atom. The summed E-state index contributed by atoms with van der Waals surface area (Å²) in [7, 11) is 0. The fourth-order valence-electron chi connectivity index (χ4n) is 1.04. The molecule has 0 amide bonds. The molecule has 0 aromatic heterocycles. The van der Waals surface area contributed by atoms with Crippen LogP contribution in [0, 0.1) is 11.8 Å². The highest BCUT2D eigenvalue weighted by molar-refractivity contribution is 5.87. The van der Waals surface area contributed by atoms with Gasteiger partial charge in [0.2, 0.25) is 0 Å². The van der Waals surface area contributed by atoms with E-state index in [1.165, 1.54) is 12.1 Å². The summed E-state index contributed by atoms with van der Waals surface area (Å²) in [6.45, 7) is 2.30. The maximum atomic E-state index is 10.6. The zero-order valence-electron chi connectivity index (χ0n) is 8.49. The Morgan fingerprint density at radius 3 is 2.60 bits per heavy atom. The second kappa shape index (κ2) is 5.71. The zero-order chi connectivity index (χ0) is 11.1. The second-order valence-corrected chi connectivity index (χ2v) is 2.85. The Labute approximate surface area is 88.7 Å². The molecular weight excluding hydrogens is 192 g/mol. The van der Waals surface area contributed by atoms with E-state index in [0.717, 1.165) is 0 Å². The van der Waals surface area contributed by atoms with Crippen LogP contribution in [0.5, 0.6) is 5.75 Å². The molecular formula is C12H12O3. The van der Waals surface area contributed by atoms with Crippen molar-refractivity contribution < 1.29 is 14.6 Å². The molecule has 78 valence electrons. The van der Waals surface area contributed by atoms with Gasteiger partial charge in [0.15, 0.2) is 0 Å². The molecule has 0 radical (unpaired) electrons. The number of benzene rings is 1. The summed E-state index contributed by atoms with van der Waals surface area (Å²) in [6.07, 6.45) is 0.678. The summed E-state index contributed by atoms with van der Waals surface area (Å²) < 4.78 is 5.35. The van der Waals surface area contributed by atoms with Gasteiger partial charge in [-0.15, -0.1) is 11.8 Å². The first-order valence-corrected chi connectivity index (χ1v) is 4.60. The lowest BCUT2D eigenvalue weighted by molar-refractivity contribution is 0.0697. The maximum absolute atomic E-state index is 10.6. The van der Waals surface area contributed by atoms with Crippen molar-refractivity contribution in [3.8, 4) is 17.6 Å². The molecule has 0 spiro atoms. The van der Waals surface area contributed by atoms with Gasteiger partial charge in [0.25, 0.3) is 0 Å². The Morgan fingerprint density at radius 2 is 2.07 bits per heavy atom. The van der Waals surface area contributed by atoms with Gasteiger partial charge in [-0.3, -0.25) is 0 Å². The number of rotatable bonds is 4. The van der Waals surface area contributed by atoms with Gasteiger partial charge in [-0.1, -0.05) is 0 Å². The van der Waals surface area contributed by atoms with Crippen molar-refractivity contribution >= 4 is 5.97 Å². The van der Waals surface area contributed by atoms with Crippen molar-refractivity contribution in [3.63, 3.8) is 0 Å². The lowest BCUT2D eigenvalue weighted by atomic mass is 10.2. The average molecular weight is 204 g/mol. The van der Waals surface area contributed by atoms with Crippen molar-refractivity contribution in [2.45, 2.75) is 13.3 Å². The third kappa shape index (κ3) is 3.74. The monoisotopic (exact) mass is 204 g/mol. The third-order valence-electron chi connectivity index (χ3n) is 1.77. The summed E-state index contributed by atoms with van der Waals surface area (Å²) in [4.78, 5) is 10.6. The molecule has 0 fully saturated rings. The van der Waals surface area contributed by atoms with Gasteiger partial charge < -0.3 is 9.84 Å². The molecule has 1 aromatic rings. The molecule has 0 saturated carbocycles. The number of hydrogen-bond donors (Lipinski definition) is 1. The molecule has 0 saturated heterocycles. The molecule has 1 aromatic carbocycles. The molecule has 0 aliphatic heterocycles. The predicted octanol–water partition coefficient (Wildman–Crippen LogP) is 2.18. The summed E-state index contributed by atoms with van der Waals surface area (Å²) >= 11 is 0. The van der Waals surface area contributed by atoms with Gasteiger partial charge in [0.05, 0.1) is 12.2 Å². The standard InChI is InChI=1S/C12H12O3/c1-2-3-4-9-15-11-7-5-10(6-8-11)12(13)14/h5-8H,4,9H2,1H3,(H,13,14). The molecule has 0 unspecified atom stereocenters. The molecule has 1 N–H and O–H groups in total. The summed E-state index contributed by atoms with van der Waals surface area (Å²) in [5.74, 6) is 5.38. The van der Waals surface area contributed by atoms with Crippen LogP contribution in [0.2, 0.25) is 0 Å². The first-order chi connectivity index (χ1) is 7.24. The van der Waals surface area contributed by atoms with Gasteiger partial charge in [0, 0.05) is 6.42 Å².